The Balaban J connectivity index is 1.60. The first-order valence-electron chi connectivity index (χ1n) is 10.2. The van der Waals surface area contributed by atoms with Crippen LogP contribution in [0, 0.1) is 6.92 Å². The number of pyridine rings is 1. The van der Waals surface area contributed by atoms with Crippen LogP contribution in [0.4, 0.5) is 0 Å². The van der Waals surface area contributed by atoms with Crippen LogP contribution in [-0.2, 0) is 12.8 Å². The smallest absolute Gasteiger partial charge is 0.231 e. The predicted octanol–water partition coefficient (Wildman–Crippen LogP) is 6.55. The zero-order valence-corrected chi connectivity index (χ0v) is 17.1. The first-order chi connectivity index (χ1) is 14.3. The number of benzene rings is 2. The lowest BCUT2D eigenvalue weighted by Gasteiger charge is -2.13. The number of aromatic nitrogens is 1. The molecular formula is C25H21NO2S. The van der Waals surface area contributed by atoms with Gasteiger partial charge in [-0.15, -0.1) is 11.3 Å². The number of ether oxygens (including phenoxy) is 2. The van der Waals surface area contributed by atoms with Crippen molar-refractivity contribution in [2.75, 3.05) is 6.79 Å². The molecule has 144 valence electrons. The zero-order chi connectivity index (χ0) is 19.4. The first kappa shape index (κ1) is 17.0. The van der Waals surface area contributed by atoms with Gasteiger partial charge < -0.3 is 9.47 Å². The van der Waals surface area contributed by atoms with Gasteiger partial charge in [0.25, 0.3) is 0 Å². The number of rotatable bonds is 2. The Bertz CT molecular complexity index is 1240. The van der Waals surface area contributed by atoms with Crippen LogP contribution in [0.15, 0.2) is 48.5 Å². The molecule has 2 aromatic carbocycles. The minimum absolute atomic E-state index is 0.289. The van der Waals surface area contributed by atoms with Crippen LogP contribution in [0.2, 0.25) is 0 Å². The highest BCUT2D eigenvalue weighted by Crippen LogP contribution is 2.43. The fourth-order valence-corrected chi connectivity index (χ4v) is 5.71. The van der Waals surface area contributed by atoms with E-state index in [4.69, 9.17) is 14.5 Å². The normalized spacial score (nSPS) is 14.9. The van der Waals surface area contributed by atoms with Crippen molar-refractivity contribution in [3.63, 3.8) is 0 Å². The van der Waals surface area contributed by atoms with E-state index in [9.17, 15) is 0 Å². The van der Waals surface area contributed by atoms with E-state index in [0.717, 1.165) is 27.6 Å². The molecule has 4 aromatic rings. The summed E-state index contributed by atoms with van der Waals surface area (Å²) in [4.78, 5) is 7.78. The Hall–Kier alpha value is -2.85. The molecule has 0 bridgehead atoms. The lowest BCUT2D eigenvalue weighted by atomic mass is 9.92. The van der Waals surface area contributed by atoms with Gasteiger partial charge in [0, 0.05) is 15.8 Å². The summed E-state index contributed by atoms with van der Waals surface area (Å²) in [7, 11) is 0. The Morgan fingerprint density at radius 2 is 1.66 bits per heavy atom. The molecule has 2 aliphatic rings. The highest BCUT2D eigenvalue weighted by atomic mass is 32.1. The van der Waals surface area contributed by atoms with Crippen LogP contribution >= 0.6 is 11.3 Å². The first-order valence-corrected chi connectivity index (χ1v) is 11.0. The highest BCUT2D eigenvalue weighted by molar-refractivity contribution is 7.19. The van der Waals surface area contributed by atoms with Crippen molar-refractivity contribution in [1.29, 1.82) is 0 Å². The average molecular weight is 400 g/mol. The second kappa shape index (κ2) is 6.60. The van der Waals surface area contributed by atoms with E-state index in [-0.39, 0.29) is 6.79 Å². The molecule has 2 aromatic heterocycles. The molecule has 4 heteroatoms. The van der Waals surface area contributed by atoms with E-state index in [1.165, 1.54) is 58.2 Å². The van der Waals surface area contributed by atoms with E-state index in [1.807, 2.05) is 23.5 Å². The van der Waals surface area contributed by atoms with Crippen LogP contribution in [0.3, 0.4) is 0 Å². The summed E-state index contributed by atoms with van der Waals surface area (Å²) in [5, 5.41) is 1.36. The molecular weight excluding hydrogens is 378 g/mol. The summed E-state index contributed by atoms with van der Waals surface area (Å²) in [6, 6.07) is 17.2. The molecule has 3 heterocycles. The van der Waals surface area contributed by atoms with Gasteiger partial charge in [0.15, 0.2) is 11.5 Å². The maximum absolute atomic E-state index is 5.60. The molecule has 0 N–H and O–H groups in total. The van der Waals surface area contributed by atoms with Crippen LogP contribution in [-0.4, -0.2) is 11.8 Å². The lowest BCUT2D eigenvalue weighted by Crippen LogP contribution is -1.99. The number of nitrogens with zero attached hydrogens (tertiary/aromatic N) is 1. The summed E-state index contributed by atoms with van der Waals surface area (Å²) < 4.78 is 11.1. The molecule has 1 aliphatic carbocycles. The van der Waals surface area contributed by atoms with Crippen LogP contribution < -0.4 is 9.47 Å². The molecule has 3 nitrogen and oxygen atoms in total. The van der Waals surface area contributed by atoms with Crippen molar-refractivity contribution >= 4 is 21.6 Å². The lowest BCUT2D eigenvalue weighted by molar-refractivity contribution is 0.174. The summed E-state index contributed by atoms with van der Waals surface area (Å²) in [6.07, 6.45) is 4.91. The molecule has 0 fully saturated rings. The number of fused-ring (bicyclic) bond motifs is 4. The Labute approximate surface area is 173 Å². The van der Waals surface area contributed by atoms with Gasteiger partial charge in [-0.2, -0.15) is 0 Å². The van der Waals surface area contributed by atoms with E-state index < -0.39 is 0 Å². The maximum Gasteiger partial charge on any atom is 0.231 e. The molecule has 6 rings (SSSR count). The summed E-state index contributed by atoms with van der Waals surface area (Å²) in [5.74, 6) is 1.60. The van der Waals surface area contributed by atoms with Gasteiger partial charge in [-0.3, -0.25) is 0 Å². The maximum atomic E-state index is 5.60. The molecule has 0 unspecified atom stereocenters. The Morgan fingerprint density at radius 1 is 0.862 bits per heavy atom. The standard InChI is InChI=1S/C25H21NO2S/c1-15-6-8-16(9-7-15)19-13-20(17-10-11-21-22(12-17)28-14-27-21)26-25-24(19)18-4-2-3-5-23(18)29-25/h6-13H,2-5,14H2,1H3. The Kier molecular flexibility index (Phi) is 3.88. The van der Waals surface area contributed by atoms with Crippen molar-refractivity contribution < 1.29 is 9.47 Å². The van der Waals surface area contributed by atoms with E-state index >= 15 is 0 Å². The van der Waals surface area contributed by atoms with Crippen molar-refractivity contribution in [2.45, 2.75) is 32.6 Å². The van der Waals surface area contributed by atoms with Gasteiger partial charge in [-0.1, -0.05) is 29.8 Å². The molecule has 0 atom stereocenters. The van der Waals surface area contributed by atoms with E-state index in [1.54, 1.807) is 0 Å². The van der Waals surface area contributed by atoms with E-state index in [2.05, 4.69) is 43.3 Å². The van der Waals surface area contributed by atoms with Gasteiger partial charge in [-0.25, -0.2) is 4.98 Å². The SMILES string of the molecule is Cc1ccc(-c2cc(-c3ccc4c(c3)OCO4)nc3sc4c(c23)CCCC4)cc1. The number of thiophene rings is 1. The fourth-order valence-electron chi connectivity index (χ4n) is 4.42. The molecule has 1 aliphatic heterocycles. The summed E-state index contributed by atoms with van der Waals surface area (Å²) in [5.41, 5.74) is 7.41. The molecule has 0 saturated heterocycles. The molecule has 0 amide bonds. The second-order valence-electron chi connectivity index (χ2n) is 7.88. The van der Waals surface area contributed by atoms with Crippen LogP contribution in [0.5, 0.6) is 11.5 Å². The molecule has 0 saturated carbocycles. The predicted molar refractivity (Wildman–Crippen MR) is 118 cm³/mol. The quantitative estimate of drug-likeness (QED) is 0.383. The van der Waals surface area contributed by atoms with Gasteiger partial charge in [0.1, 0.15) is 4.83 Å². The number of aryl methyl sites for hydroxylation is 3. The summed E-state index contributed by atoms with van der Waals surface area (Å²) in [6.45, 7) is 2.42. The highest BCUT2D eigenvalue weighted by Gasteiger charge is 2.22. The van der Waals surface area contributed by atoms with Gasteiger partial charge in [0.05, 0.1) is 5.69 Å². The average Bonchev–Trinajstić information content (AvgIpc) is 3.37. The van der Waals surface area contributed by atoms with Gasteiger partial charge >= 0.3 is 0 Å². The Morgan fingerprint density at radius 3 is 2.55 bits per heavy atom. The van der Waals surface area contributed by atoms with Crippen molar-refractivity contribution in [3.05, 3.63) is 64.5 Å². The van der Waals surface area contributed by atoms with Gasteiger partial charge in [0.2, 0.25) is 6.79 Å². The van der Waals surface area contributed by atoms with Gasteiger partial charge in [-0.05, 0) is 73.6 Å². The third-order valence-electron chi connectivity index (χ3n) is 5.96. The van der Waals surface area contributed by atoms with Crippen molar-refractivity contribution in [2.24, 2.45) is 0 Å². The zero-order valence-electron chi connectivity index (χ0n) is 16.3. The second-order valence-corrected chi connectivity index (χ2v) is 8.96. The van der Waals surface area contributed by atoms with E-state index in [0.29, 0.717) is 0 Å². The molecule has 29 heavy (non-hydrogen) atoms. The topological polar surface area (TPSA) is 31.4 Å². The number of hydrogen-bond acceptors (Lipinski definition) is 4. The van der Waals surface area contributed by atoms with Crippen molar-refractivity contribution in [3.8, 4) is 33.9 Å². The van der Waals surface area contributed by atoms with Crippen molar-refractivity contribution in [1.82, 2.24) is 4.98 Å². The monoisotopic (exact) mass is 399 g/mol. The summed E-state index contributed by atoms with van der Waals surface area (Å²) >= 11 is 1.88. The largest absolute Gasteiger partial charge is 0.454 e. The van der Waals surface area contributed by atoms with Crippen LogP contribution in [0.25, 0.3) is 32.6 Å². The minimum Gasteiger partial charge on any atom is -0.454 e. The third kappa shape index (κ3) is 2.82. The fraction of sp³-hybridized carbons (Fsp3) is 0.240. The van der Waals surface area contributed by atoms with Crippen LogP contribution in [0.1, 0.15) is 28.8 Å². The molecule has 0 spiro atoms. The number of hydrogen-bond donors (Lipinski definition) is 0. The molecule has 0 radical (unpaired) electrons. The third-order valence-corrected chi connectivity index (χ3v) is 7.14. The minimum atomic E-state index is 0.289.